The number of hydrogen-bond donors (Lipinski definition) is 0. The van der Waals surface area contributed by atoms with E-state index in [1.54, 1.807) is 6.08 Å². The van der Waals surface area contributed by atoms with Crippen LogP contribution in [0.25, 0.3) is 0 Å². The van der Waals surface area contributed by atoms with Gasteiger partial charge in [-0.1, -0.05) is 6.08 Å². The molecule has 2 heteroatoms. The van der Waals surface area contributed by atoms with Crippen LogP contribution in [0.5, 0.6) is 0 Å². The first-order chi connectivity index (χ1) is 4.64. The molecule has 0 heterocycles. The molecule has 0 unspecified atom stereocenters. The van der Waals surface area contributed by atoms with Crippen molar-refractivity contribution in [1.29, 1.82) is 0 Å². The van der Waals surface area contributed by atoms with Gasteiger partial charge in [0.25, 0.3) is 0 Å². The minimum absolute atomic E-state index is 0. The van der Waals surface area contributed by atoms with Gasteiger partial charge in [-0.3, -0.25) is 0 Å². The third-order valence-corrected chi connectivity index (χ3v) is 2.10. The quantitative estimate of drug-likeness (QED) is 0.501. The van der Waals surface area contributed by atoms with Crippen LogP contribution in [0.1, 0.15) is 27.1 Å². The van der Waals surface area contributed by atoms with E-state index in [1.807, 2.05) is 0 Å². The van der Waals surface area contributed by atoms with E-state index in [4.69, 9.17) is 0 Å². The highest BCUT2D eigenvalue weighted by Crippen LogP contribution is 2.36. The SMILES string of the molecule is C=CC1CCC(F)(F)CC1.[HH]. The first-order valence-corrected chi connectivity index (χ1v) is 3.64. The Bertz CT molecular complexity index is 124. The zero-order valence-corrected chi connectivity index (χ0v) is 5.95. The molecule has 1 saturated carbocycles. The van der Waals surface area contributed by atoms with Gasteiger partial charge >= 0.3 is 0 Å². The lowest BCUT2D eigenvalue weighted by molar-refractivity contribution is -0.0410. The van der Waals surface area contributed by atoms with Crippen LogP contribution in [-0.2, 0) is 0 Å². The van der Waals surface area contributed by atoms with Crippen molar-refractivity contribution >= 4 is 0 Å². The molecule has 0 saturated heterocycles. The third kappa shape index (κ3) is 1.79. The van der Waals surface area contributed by atoms with E-state index in [1.165, 1.54) is 0 Å². The highest BCUT2D eigenvalue weighted by molar-refractivity contribution is 4.86. The molecule has 10 heavy (non-hydrogen) atoms. The molecule has 0 amide bonds. The lowest BCUT2D eigenvalue weighted by Gasteiger charge is -2.25. The summed E-state index contributed by atoms with van der Waals surface area (Å²) >= 11 is 0. The highest BCUT2D eigenvalue weighted by atomic mass is 19.3. The van der Waals surface area contributed by atoms with Gasteiger partial charge in [0.1, 0.15) is 0 Å². The average molecular weight is 148 g/mol. The van der Waals surface area contributed by atoms with Gasteiger partial charge in [0.2, 0.25) is 5.92 Å². The van der Waals surface area contributed by atoms with E-state index in [-0.39, 0.29) is 14.3 Å². The van der Waals surface area contributed by atoms with Crippen LogP contribution in [0.2, 0.25) is 0 Å². The Kier molecular flexibility index (Phi) is 2.07. The summed E-state index contributed by atoms with van der Waals surface area (Å²) in [6.45, 7) is 3.59. The fourth-order valence-corrected chi connectivity index (χ4v) is 1.30. The standard InChI is InChI=1S/C8H12F2.H2/c1-2-7-3-5-8(9,10)6-4-7;/h2,7H,1,3-6H2;1H. The maximum atomic E-state index is 12.5. The van der Waals surface area contributed by atoms with Crippen LogP contribution in [0.15, 0.2) is 12.7 Å². The smallest absolute Gasteiger partial charge is 0.207 e. The van der Waals surface area contributed by atoms with Crippen molar-refractivity contribution in [2.45, 2.75) is 31.6 Å². The van der Waals surface area contributed by atoms with Crippen LogP contribution in [0.3, 0.4) is 0 Å². The number of allylic oxidation sites excluding steroid dienone is 1. The van der Waals surface area contributed by atoms with Crippen molar-refractivity contribution in [2.75, 3.05) is 0 Å². The Balaban J connectivity index is 0.000001000. The third-order valence-electron chi connectivity index (χ3n) is 2.10. The fourth-order valence-electron chi connectivity index (χ4n) is 1.30. The second kappa shape index (κ2) is 2.69. The average Bonchev–Trinajstić information content (AvgIpc) is 1.88. The summed E-state index contributed by atoms with van der Waals surface area (Å²) in [5.41, 5.74) is 0. The Morgan fingerprint density at radius 3 is 2.30 bits per heavy atom. The maximum absolute atomic E-state index is 12.5. The predicted molar refractivity (Wildman–Crippen MR) is 39.2 cm³/mol. The highest BCUT2D eigenvalue weighted by Gasteiger charge is 2.33. The van der Waals surface area contributed by atoms with Crippen LogP contribution in [-0.4, -0.2) is 5.92 Å². The van der Waals surface area contributed by atoms with Gasteiger partial charge in [0, 0.05) is 14.3 Å². The van der Waals surface area contributed by atoms with Gasteiger partial charge in [0.05, 0.1) is 0 Å². The van der Waals surface area contributed by atoms with E-state index in [2.05, 4.69) is 6.58 Å². The maximum Gasteiger partial charge on any atom is 0.248 e. The van der Waals surface area contributed by atoms with Gasteiger partial charge in [0.15, 0.2) is 0 Å². The molecule has 1 rings (SSSR count). The molecule has 0 N–H and O–H groups in total. The van der Waals surface area contributed by atoms with E-state index in [0.29, 0.717) is 18.8 Å². The van der Waals surface area contributed by atoms with Gasteiger partial charge in [-0.2, -0.15) is 0 Å². The summed E-state index contributed by atoms with van der Waals surface area (Å²) in [5.74, 6) is -2.06. The zero-order valence-electron chi connectivity index (χ0n) is 5.95. The monoisotopic (exact) mass is 148 g/mol. The van der Waals surface area contributed by atoms with Gasteiger partial charge in [-0.25, -0.2) is 8.78 Å². The largest absolute Gasteiger partial charge is 0.248 e. The molecule has 1 fully saturated rings. The van der Waals surface area contributed by atoms with Gasteiger partial charge in [-0.15, -0.1) is 6.58 Å². The molecule has 0 aromatic rings. The van der Waals surface area contributed by atoms with Crippen molar-refractivity contribution in [2.24, 2.45) is 5.92 Å². The van der Waals surface area contributed by atoms with E-state index < -0.39 is 5.92 Å². The zero-order chi connectivity index (χ0) is 7.61. The molecule has 0 radical (unpaired) electrons. The Hall–Kier alpha value is -0.400. The van der Waals surface area contributed by atoms with Crippen LogP contribution < -0.4 is 0 Å². The summed E-state index contributed by atoms with van der Waals surface area (Å²) in [4.78, 5) is 0. The van der Waals surface area contributed by atoms with Crippen molar-refractivity contribution < 1.29 is 10.2 Å². The van der Waals surface area contributed by atoms with E-state index >= 15 is 0 Å². The molecule has 1 aliphatic carbocycles. The predicted octanol–water partition coefficient (Wildman–Crippen LogP) is 3.24. The van der Waals surface area contributed by atoms with Crippen LogP contribution in [0, 0.1) is 5.92 Å². The molecule has 1 aliphatic rings. The van der Waals surface area contributed by atoms with Crippen molar-refractivity contribution in [3.63, 3.8) is 0 Å². The van der Waals surface area contributed by atoms with E-state index in [9.17, 15) is 8.78 Å². The summed E-state index contributed by atoms with van der Waals surface area (Å²) < 4.78 is 25.0. The summed E-state index contributed by atoms with van der Waals surface area (Å²) in [6, 6.07) is 0. The minimum Gasteiger partial charge on any atom is -0.207 e. The molecule has 0 nitrogen and oxygen atoms in total. The molecule has 60 valence electrons. The molecule has 0 bridgehead atoms. The summed E-state index contributed by atoms with van der Waals surface area (Å²) in [7, 11) is 0. The fraction of sp³-hybridized carbons (Fsp3) is 0.750. The van der Waals surface area contributed by atoms with Gasteiger partial charge in [-0.05, 0) is 18.8 Å². The molecular weight excluding hydrogens is 134 g/mol. The number of rotatable bonds is 1. The normalized spacial score (nSPS) is 26.2. The molecule has 0 spiro atoms. The molecule has 0 aromatic heterocycles. The second-order valence-corrected chi connectivity index (χ2v) is 2.93. The van der Waals surface area contributed by atoms with E-state index in [0.717, 1.165) is 0 Å². The number of hydrogen-bond acceptors (Lipinski definition) is 0. The second-order valence-electron chi connectivity index (χ2n) is 2.93. The van der Waals surface area contributed by atoms with Crippen LogP contribution in [0.4, 0.5) is 8.78 Å². The Labute approximate surface area is 61.4 Å². The minimum atomic E-state index is -2.39. The van der Waals surface area contributed by atoms with Crippen molar-refractivity contribution in [3.8, 4) is 0 Å². The topological polar surface area (TPSA) is 0 Å². The lowest BCUT2D eigenvalue weighted by Crippen LogP contribution is -2.23. The summed E-state index contributed by atoms with van der Waals surface area (Å²) in [5, 5.41) is 0. The number of halogens is 2. The van der Waals surface area contributed by atoms with Crippen molar-refractivity contribution in [1.82, 2.24) is 0 Å². The molecule has 0 atom stereocenters. The lowest BCUT2D eigenvalue weighted by atomic mass is 9.87. The molecule has 0 aliphatic heterocycles. The van der Waals surface area contributed by atoms with Gasteiger partial charge < -0.3 is 0 Å². The Morgan fingerprint density at radius 1 is 1.40 bits per heavy atom. The Morgan fingerprint density at radius 2 is 1.90 bits per heavy atom. The van der Waals surface area contributed by atoms with Crippen LogP contribution >= 0.6 is 0 Å². The summed E-state index contributed by atoms with van der Waals surface area (Å²) in [6.07, 6.45) is 3.09. The van der Waals surface area contributed by atoms with Crippen molar-refractivity contribution in [3.05, 3.63) is 12.7 Å². The first kappa shape index (κ1) is 7.70. The molecular formula is C8H14F2. The number of alkyl halides is 2. The molecule has 0 aromatic carbocycles. The first-order valence-electron chi connectivity index (χ1n) is 3.64.